The Morgan fingerprint density at radius 2 is 1.94 bits per heavy atom. The van der Waals surface area contributed by atoms with E-state index in [0.29, 0.717) is 11.1 Å². The summed E-state index contributed by atoms with van der Waals surface area (Å²) in [4.78, 5) is 24.3. The largest absolute Gasteiger partial charge is 0.465 e. The first-order valence-electron chi connectivity index (χ1n) is 9.77. The fraction of sp³-hybridized carbons (Fsp3) is 0.125. The average Bonchev–Trinajstić information content (AvgIpc) is 3.33. The van der Waals surface area contributed by atoms with Crippen LogP contribution >= 0.6 is 15.9 Å². The molecule has 0 unspecified atom stereocenters. The van der Waals surface area contributed by atoms with Gasteiger partial charge < -0.3 is 13.7 Å². The Labute approximate surface area is 192 Å². The minimum atomic E-state index is -0.437. The molecule has 2 aromatic carbocycles. The molecule has 162 valence electrons. The van der Waals surface area contributed by atoms with Crippen LogP contribution in [0.3, 0.4) is 0 Å². The van der Waals surface area contributed by atoms with Crippen LogP contribution in [0.25, 0.3) is 16.7 Å². The molecule has 4 aromatic rings. The van der Waals surface area contributed by atoms with Crippen LogP contribution in [0.1, 0.15) is 37.9 Å². The Kier molecular flexibility index (Phi) is 5.96. The molecule has 8 heteroatoms. The second kappa shape index (κ2) is 8.84. The van der Waals surface area contributed by atoms with Gasteiger partial charge in [0.05, 0.1) is 18.9 Å². The molecule has 1 amide bonds. The molecule has 1 N–H and O–H groups in total. The summed E-state index contributed by atoms with van der Waals surface area (Å²) in [6.07, 6.45) is 1.58. The highest BCUT2D eigenvalue weighted by Gasteiger charge is 2.14. The number of ether oxygens (including phenoxy) is 1. The normalized spacial score (nSPS) is 11.2. The Bertz CT molecular complexity index is 1370. The molecule has 2 aromatic heterocycles. The summed E-state index contributed by atoms with van der Waals surface area (Å²) in [6, 6.07) is 16.3. The van der Waals surface area contributed by atoms with Crippen molar-refractivity contribution in [3.63, 3.8) is 0 Å². The first-order chi connectivity index (χ1) is 15.4. The zero-order valence-corrected chi connectivity index (χ0v) is 19.3. The molecule has 2 heterocycles. The second-order valence-electron chi connectivity index (χ2n) is 7.20. The molecule has 0 radical (unpaired) electrons. The standard InChI is InChI=1S/C24H20BrN3O4/c1-14-9-18(15(2)28(14)20-6-4-5-16(11-20)24(30)31-3)13-26-27-23(29)22-12-17-10-19(25)7-8-21(17)32-22/h4-13H,1-3H3,(H,27,29)/b26-13+. The minimum Gasteiger partial charge on any atom is -0.465 e. The molecule has 0 aliphatic rings. The van der Waals surface area contributed by atoms with Gasteiger partial charge in [-0.3, -0.25) is 4.79 Å². The fourth-order valence-corrected chi connectivity index (χ4v) is 3.93. The van der Waals surface area contributed by atoms with Crippen molar-refractivity contribution in [3.8, 4) is 5.69 Å². The van der Waals surface area contributed by atoms with Crippen LogP contribution in [-0.2, 0) is 4.74 Å². The molecule has 32 heavy (non-hydrogen) atoms. The maximum absolute atomic E-state index is 12.4. The maximum atomic E-state index is 12.4. The molecule has 0 fully saturated rings. The lowest BCUT2D eigenvalue weighted by atomic mass is 10.2. The monoisotopic (exact) mass is 493 g/mol. The molecular weight excluding hydrogens is 474 g/mol. The number of methoxy groups -OCH3 is 1. The Morgan fingerprint density at radius 1 is 1.12 bits per heavy atom. The highest BCUT2D eigenvalue weighted by molar-refractivity contribution is 9.10. The summed E-state index contributed by atoms with van der Waals surface area (Å²) in [5, 5.41) is 4.92. The van der Waals surface area contributed by atoms with Crippen LogP contribution in [0.2, 0.25) is 0 Å². The number of fused-ring (bicyclic) bond motifs is 1. The molecule has 7 nitrogen and oxygen atoms in total. The number of furan rings is 1. The number of aryl methyl sites for hydroxylation is 1. The van der Waals surface area contributed by atoms with Gasteiger partial charge in [-0.25, -0.2) is 10.2 Å². The Balaban J connectivity index is 1.54. The molecular formula is C24H20BrN3O4. The van der Waals surface area contributed by atoms with Crippen LogP contribution in [0.5, 0.6) is 0 Å². The Morgan fingerprint density at radius 3 is 2.72 bits per heavy atom. The number of esters is 1. The van der Waals surface area contributed by atoms with Gasteiger partial charge in [-0.1, -0.05) is 22.0 Å². The van der Waals surface area contributed by atoms with Crippen molar-refractivity contribution in [2.24, 2.45) is 5.10 Å². The minimum absolute atomic E-state index is 0.181. The second-order valence-corrected chi connectivity index (χ2v) is 8.11. The fourth-order valence-electron chi connectivity index (χ4n) is 3.55. The molecule has 0 bridgehead atoms. The van der Waals surface area contributed by atoms with E-state index in [2.05, 4.69) is 26.5 Å². The van der Waals surface area contributed by atoms with Crippen molar-refractivity contribution >= 4 is 45.0 Å². The van der Waals surface area contributed by atoms with Gasteiger partial charge in [-0.2, -0.15) is 5.10 Å². The number of benzene rings is 2. The average molecular weight is 494 g/mol. The number of hydrazone groups is 1. The zero-order valence-electron chi connectivity index (χ0n) is 17.7. The van der Waals surface area contributed by atoms with Crippen LogP contribution in [-0.4, -0.2) is 29.8 Å². The predicted octanol–water partition coefficient (Wildman–Crippen LogP) is 5.15. The van der Waals surface area contributed by atoms with E-state index in [4.69, 9.17) is 9.15 Å². The van der Waals surface area contributed by atoms with Gasteiger partial charge in [0, 0.05) is 32.5 Å². The molecule has 4 rings (SSSR count). The van der Waals surface area contributed by atoms with Gasteiger partial charge in [0.15, 0.2) is 5.76 Å². The van der Waals surface area contributed by atoms with Crippen LogP contribution in [0.15, 0.2) is 68.6 Å². The quantitative estimate of drug-likeness (QED) is 0.236. The number of carbonyl (C=O) groups excluding carboxylic acids is 2. The first kappa shape index (κ1) is 21.6. The summed E-state index contributed by atoms with van der Waals surface area (Å²) in [6.45, 7) is 3.90. The molecule has 0 spiro atoms. The van der Waals surface area contributed by atoms with Crippen molar-refractivity contribution < 1.29 is 18.7 Å². The maximum Gasteiger partial charge on any atom is 0.337 e. The highest BCUT2D eigenvalue weighted by atomic mass is 79.9. The van der Waals surface area contributed by atoms with Crippen LogP contribution < -0.4 is 5.43 Å². The third kappa shape index (κ3) is 4.22. The number of rotatable bonds is 5. The number of nitrogens with zero attached hydrogens (tertiary/aromatic N) is 2. The number of hydrogen-bond acceptors (Lipinski definition) is 5. The third-order valence-corrected chi connectivity index (χ3v) is 5.56. The van der Waals surface area contributed by atoms with Crippen LogP contribution in [0.4, 0.5) is 0 Å². The predicted molar refractivity (Wildman–Crippen MR) is 126 cm³/mol. The summed E-state index contributed by atoms with van der Waals surface area (Å²) >= 11 is 3.40. The van der Waals surface area contributed by atoms with Gasteiger partial charge in [-0.05, 0) is 62.4 Å². The SMILES string of the molecule is COC(=O)c1cccc(-n2c(C)cc(/C=N/NC(=O)c3cc4cc(Br)ccc4o3)c2C)c1. The van der Waals surface area contributed by atoms with Crippen molar-refractivity contribution in [2.45, 2.75) is 13.8 Å². The summed E-state index contributed by atoms with van der Waals surface area (Å²) in [7, 11) is 1.36. The van der Waals surface area contributed by atoms with Gasteiger partial charge >= 0.3 is 11.9 Å². The molecule has 0 aliphatic heterocycles. The van der Waals surface area contributed by atoms with E-state index < -0.39 is 11.9 Å². The number of aromatic nitrogens is 1. The number of halogens is 1. The van der Waals surface area contributed by atoms with E-state index in [1.807, 2.05) is 42.7 Å². The first-order valence-corrected chi connectivity index (χ1v) is 10.6. The van der Waals surface area contributed by atoms with Gasteiger partial charge in [0.25, 0.3) is 0 Å². The van der Waals surface area contributed by atoms with Crippen molar-refractivity contribution in [2.75, 3.05) is 7.11 Å². The number of hydrogen-bond donors (Lipinski definition) is 1. The van der Waals surface area contributed by atoms with Crippen molar-refractivity contribution in [1.82, 2.24) is 9.99 Å². The summed E-state index contributed by atoms with van der Waals surface area (Å²) in [5.74, 6) is -0.648. The topological polar surface area (TPSA) is 85.8 Å². The van der Waals surface area contributed by atoms with Crippen LogP contribution in [0, 0.1) is 13.8 Å². The van der Waals surface area contributed by atoms with E-state index in [1.54, 1.807) is 36.5 Å². The molecule has 0 aliphatic carbocycles. The van der Waals surface area contributed by atoms with E-state index >= 15 is 0 Å². The lowest BCUT2D eigenvalue weighted by molar-refractivity contribution is 0.0600. The zero-order chi connectivity index (χ0) is 22.8. The number of carbonyl (C=O) groups is 2. The molecule has 0 saturated heterocycles. The highest BCUT2D eigenvalue weighted by Crippen LogP contribution is 2.24. The van der Waals surface area contributed by atoms with Gasteiger partial charge in [-0.15, -0.1) is 0 Å². The van der Waals surface area contributed by atoms with Gasteiger partial charge in [0.1, 0.15) is 5.58 Å². The summed E-state index contributed by atoms with van der Waals surface area (Å²) < 4.78 is 13.3. The van der Waals surface area contributed by atoms with E-state index in [9.17, 15) is 9.59 Å². The Hall–Kier alpha value is -3.65. The molecule has 0 saturated carbocycles. The lowest BCUT2D eigenvalue weighted by Gasteiger charge is -2.10. The van der Waals surface area contributed by atoms with E-state index in [1.165, 1.54) is 7.11 Å². The van der Waals surface area contributed by atoms with Crippen molar-refractivity contribution in [1.29, 1.82) is 0 Å². The van der Waals surface area contributed by atoms with Gasteiger partial charge in [0.2, 0.25) is 0 Å². The summed E-state index contributed by atoms with van der Waals surface area (Å²) in [5.41, 5.74) is 7.14. The van der Waals surface area contributed by atoms with Crippen molar-refractivity contribution in [3.05, 3.63) is 87.3 Å². The third-order valence-electron chi connectivity index (χ3n) is 5.07. The van der Waals surface area contributed by atoms with E-state index in [0.717, 1.165) is 32.5 Å². The number of nitrogens with one attached hydrogen (secondary N) is 1. The lowest BCUT2D eigenvalue weighted by Crippen LogP contribution is -2.16. The van der Waals surface area contributed by atoms with E-state index in [-0.39, 0.29) is 5.76 Å². The molecule has 0 atom stereocenters. The number of amides is 1. The smallest absolute Gasteiger partial charge is 0.337 e.